The van der Waals surface area contributed by atoms with E-state index in [4.69, 9.17) is 40.6 Å². The Morgan fingerprint density at radius 1 is 0.338 bits per heavy atom. The SMILES string of the molecule is CCCCc1onc(-c2ccc(Br)cc2)c1C.CCCCc1onc(-c2ccc(C)cc2)c1C.CCCCc1onc(-c2ccc(F)cc2)c1C.CCCCc1onc(-c2ccc([N+](=O)[O-])cc2)c1C.CCCCc1onc(-c2ccccc2)c1C.CCCCc1onc(-c2ccoc2)c1C.Cc1c(-c2ccccc2)noc1[Si](C)(C)C.Cc1c(C(C)(C)C)noc1-c1ccccc1. The number of furan rings is 1. The van der Waals surface area contributed by atoms with Crippen LogP contribution in [0.3, 0.4) is 0 Å². The molecule has 0 amide bonds. The molecule has 20 nitrogen and oxygen atoms in total. The highest BCUT2D eigenvalue weighted by molar-refractivity contribution is 9.10. The van der Waals surface area contributed by atoms with E-state index in [1.807, 2.05) is 106 Å². The van der Waals surface area contributed by atoms with Gasteiger partial charge in [0, 0.05) is 150 Å². The van der Waals surface area contributed by atoms with Gasteiger partial charge < -0.3 is 40.6 Å². The molecule has 0 aliphatic carbocycles. The van der Waals surface area contributed by atoms with Crippen LogP contribution in [0.4, 0.5) is 10.1 Å². The first-order valence-electron chi connectivity index (χ1n) is 46.6. The number of nitro groups is 1. The zero-order valence-corrected chi connectivity index (χ0v) is 84.2. The molecule has 9 aromatic heterocycles. The average Bonchev–Trinajstić information content (AvgIpc) is 1.66. The number of benzene rings is 7. The number of halogens is 2. The van der Waals surface area contributed by atoms with Crippen molar-refractivity contribution in [1.29, 1.82) is 0 Å². The van der Waals surface area contributed by atoms with Gasteiger partial charge in [0.1, 0.15) is 93.7 Å². The quantitative estimate of drug-likeness (QED) is 0.0250. The molecule has 16 aromatic rings. The smallest absolute Gasteiger partial charge is 0.269 e. The Morgan fingerprint density at radius 2 is 0.624 bits per heavy atom. The maximum Gasteiger partial charge on any atom is 0.269 e. The summed E-state index contributed by atoms with van der Waals surface area (Å²) in [6.07, 6.45) is 22.7. The van der Waals surface area contributed by atoms with Crippen molar-refractivity contribution in [2.45, 2.75) is 265 Å². The number of aryl methyl sites for hydroxylation is 7. The van der Waals surface area contributed by atoms with Crippen LogP contribution in [-0.2, 0) is 43.9 Å². The fraction of sp³-hybridized carbons (Fsp3) is 0.364. The van der Waals surface area contributed by atoms with Crippen LogP contribution in [0.2, 0.25) is 19.6 Å². The summed E-state index contributed by atoms with van der Waals surface area (Å²) >= 11 is 3.43. The Morgan fingerprint density at radius 3 is 0.910 bits per heavy atom. The van der Waals surface area contributed by atoms with Crippen LogP contribution in [0.25, 0.3) is 90.1 Å². The summed E-state index contributed by atoms with van der Waals surface area (Å²) in [5.41, 5.74) is 26.2. The second-order valence-corrected chi connectivity index (χ2v) is 41.2. The van der Waals surface area contributed by atoms with Crippen molar-refractivity contribution in [3.05, 3.63) is 317 Å². The normalized spacial score (nSPS) is 11.0. The zero-order chi connectivity index (χ0) is 96.2. The third-order valence-electron chi connectivity index (χ3n) is 22.7. The highest BCUT2D eigenvalue weighted by atomic mass is 79.9. The number of nitro benzene ring substituents is 1. The second kappa shape index (κ2) is 52.1. The van der Waals surface area contributed by atoms with Gasteiger partial charge in [-0.1, -0.05) is 311 Å². The molecule has 0 N–H and O–H groups in total. The second-order valence-electron chi connectivity index (χ2n) is 35.4. The lowest BCUT2D eigenvalue weighted by Crippen LogP contribution is -2.38. The molecule has 0 unspecified atom stereocenters. The number of aromatic nitrogens is 8. The van der Waals surface area contributed by atoms with Gasteiger partial charge in [-0.2, -0.15) is 0 Å². The van der Waals surface area contributed by atoms with Gasteiger partial charge in [0.2, 0.25) is 0 Å². The van der Waals surface area contributed by atoms with Crippen molar-refractivity contribution in [2.75, 3.05) is 0 Å². The van der Waals surface area contributed by atoms with E-state index in [1.165, 1.54) is 77.8 Å². The fourth-order valence-electron chi connectivity index (χ4n) is 14.7. The third-order valence-corrected chi connectivity index (χ3v) is 25.1. The average molecular weight is 1880 g/mol. The molecule has 9 heterocycles. The number of unbranched alkanes of at least 4 members (excludes halogenated alkanes) is 6. The predicted octanol–water partition coefficient (Wildman–Crippen LogP) is 31.8. The molecular formula is C110H133BrFN9O11Si. The lowest BCUT2D eigenvalue weighted by molar-refractivity contribution is -0.384. The predicted molar refractivity (Wildman–Crippen MR) is 538 cm³/mol. The first-order valence-corrected chi connectivity index (χ1v) is 50.9. The standard InChI is InChI=1S/C15H19NO.C14H16BrNO.C14H16FNO.C14H16N2O3.2C14H17NO.C13H17NOSi.C12H15NO2/c1-4-5-6-14-12(3)15(16-17-14)13-9-7-11(2)8-10-13;2*1-3-4-5-13-10(2)14(16-17-13)11-6-8-12(15)9-7-11;1-3-4-5-13-10(2)14(15-19-13)11-6-8-12(9-7-11)16(17)18;1-10-12(11-8-6-5-7-9-11)16-15-13(10)14(2,3)4;1-3-4-10-13-11(2)14(15-16-13)12-8-6-5-7-9-12;1-10-12(11-8-6-5-7-9-11)14-15-13(10)16(2,3)4;1-3-4-5-11-9(2)12(13-15-11)10-6-7-14-8-10/h7-10H,4-6H2,1-3H3;2*6-9H,3-5H2,1-2H3;6-9H,3-5H2,1-2H3;5-9H,1-4H3;5-9H,3-4,10H2,1-2H3;5-9H,1-4H3;6-8H,3-5H2,1-2H3. The van der Waals surface area contributed by atoms with Crippen molar-refractivity contribution >= 4 is 35.1 Å². The molecule has 0 saturated carbocycles. The van der Waals surface area contributed by atoms with E-state index >= 15 is 0 Å². The van der Waals surface area contributed by atoms with Crippen molar-refractivity contribution in [3.8, 4) is 90.1 Å². The molecule has 0 fully saturated rings. The summed E-state index contributed by atoms with van der Waals surface area (Å²) in [7, 11) is -1.42. The van der Waals surface area contributed by atoms with Crippen molar-refractivity contribution in [2.24, 2.45) is 0 Å². The lowest BCUT2D eigenvalue weighted by Gasteiger charge is -2.14. The van der Waals surface area contributed by atoms with E-state index < -0.39 is 13.0 Å². The van der Waals surface area contributed by atoms with Crippen LogP contribution in [0.15, 0.2) is 252 Å². The Bertz CT molecular complexity index is 5780. The zero-order valence-electron chi connectivity index (χ0n) is 81.6. The van der Waals surface area contributed by atoms with Gasteiger partial charge in [-0.3, -0.25) is 10.1 Å². The minimum Gasteiger partial charge on any atom is -0.472 e. The number of hydrogen-bond acceptors (Lipinski definition) is 19. The maximum absolute atomic E-state index is 12.8. The van der Waals surface area contributed by atoms with E-state index in [9.17, 15) is 14.5 Å². The first kappa shape index (κ1) is 104. The van der Waals surface area contributed by atoms with Crippen LogP contribution < -0.4 is 5.38 Å². The summed E-state index contributed by atoms with van der Waals surface area (Å²) < 4.78 is 62.2. The number of hydrogen-bond donors (Lipinski definition) is 0. The van der Waals surface area contributed by atoms with E-state index in [-0.39, 0.29) is 16.9 Å². The number of rotatable bonds is 28. The van der Waals surface area contributed by atoms with Gasteiger partial charge in [0.25, 0.3) is 5.69 Å². The van der Waals surface area contributed by atoms with Crippen LogP contribution in [-0.4, -0.2) is 54.3 Å². The minimum atomic E-state index is -1.42. The first-order chi connectivity index (χ1) is 63.9. The van der Waals surface area contributed by atoms with Crippen molar-refractivity contribution < 1.29 is 49.9 Å². The Balaban J connectivity index is 0.000000171. The van der Waals surface area contributed by atoms with Gasteiger partial charge >= 0.3 is 0 Å². The molecule has 0 bridgehead atoms. The number of nitrogens with zero attached hydrogens (tertiary/aromatic N) is 9. The molecule has 133 heavy (non-hydrogen) atoms. The molecule has 0 radical (unpaired) electrons. The molecule has 0 spiro atoms. The Kier molecular flexibility index (Phi) is 40.8. The van der Waals surface area contributed by atoms with Gasteiger partial charge in [0.15, 0.2) is 5.76 Å². The fourth-order valence-corrected chi connectivity index (χ4v) is 16.5. The molecular weight excluding hydrogens is 1750 g/mol. The summed E-state index contributed by atoms with van der Waals surface area (Å²) in [4.78, 5) is 10.2. The molecule has 7 aromatic carbocycles. The molecule has 0 saturated heterocycles. The van der Waals surface area contributed by atoms with Crippen molar-refractivity contribution in [3.63, 3.8) is 0 Å². The molecule has 702 valence electrons. The highest BCUT2D eigenvalue weighted by Gasteiger charge is 2.28. The van der Waals surface area contributed by atoms with Gasteiger partial charge in [0.05, 0.1) is 23.1 Å². The molecule has 16 rings (SSSR count). The molecule has 0 aliphatic heterocycles. The van der Waals surface area contributed by atoms with E-state index in [0.29, 0.717) is 0 Å². The van der Waals surface area contributed by atoms with E-state index in [0.717, 1.165) is 252 Å². The maximum atomic E-state index is 12.8. The Hall–Kier alpha value is -12.5. The van der Waals surface area contributed by atoms with Crippen LogP contribution in [0.1, 0.15) is 230 Å². The van der Waals surface area contributed by atoms with E-state index in [1.54, 1.807) is 36.8 Å². The number of non-ortho nitro benzene ring substituents is 1. The van der Waals surface area contributed by atoms with Crippen LogP contribution >= 0.6 is 15.9 Å². The lowest BCUT2D eigenvalue weighted by atomic mass is 9.88. The van der Waals surface area contributed by atoms with Crippen LogP contribution in [0.5, 0.6) is 0 Å². The molecule has 0 aliphatic rings. The van der Waals surface area contributed by atoms with Crippen LogP contribution in [0, 0.1) is 78.2 Å². The summed E-state index contributed by atoms with van der Waals surface area (Å²) in [6.45, 7) is 44.8. The van der Waals surface area contributed by atoms with E-state index in [2.05, 4.69) is 241 Å². The van der Waals surface area contributed by atoms with Gasteiger partial charge in [-0.05, 0) is 155 Å². The largest absolute Gasteiger partial charge is 0.472 e. The topological polar surface area (TPSA) is 265 Å². The highest BCUT2D eigenvalue weighted by Crippen LogP contribution is 2.36. The third kappa shape index (κ3) is 30.0. The Labute approximate surface area is 794 Å². The monoisotopic (exact) mass is 1880 g/mol. The van der Waals surface area contributed by atoms with Crippen molar-refractivity contribution in [1.82, 2.24) is 41.3 Å². The molecule has 23 heteroatoms. The summed E-state index contributed by atoms with van der Waals surface area (Å²) in [5, 5.41) is 44.9. The van der Waals surface area contributed by atoms with Gasteiger partial charge in [-0.15, -0.1) is 0 Å². The summed E-state index contributed by atoms with van der Waals surface area (Å²) in [5.74, 6) is 6.55. The van der Waals surface area contributed by atoms with Gasteiger partial charge in [-0.25, -0.2) is 4.39 Å². The molecule has 0 atom stereocenters. The summed E-state index contributed by atoms with van der Waals surface area (Å²) in [6, 6.07) is 61.6. The minimum absolute atomic E-state index is 0.0284.